The molecule has 27 heavy (non-hydrogen) atoms. The Labute approximate surface area is 152 Å². The Bertz CT molecular complexity index is 1090. The summed E-state index contributed by atoms with van der Waals surface area (Å²) in [7, 11) is 0. The van der Waals surface area contributed by atoms with Crippen molar-refractivity contribution in [1.29, 1.82) is 0 Å². The molecule has 0 N–H and O–H groups in total. The molecule has 0 bridgehead atoms. The Balaban J connectivity index is 1.93. The molecule has 1 heterocycles. The summed E-state index contributed by atoms with van der Waals surface area (Å²) >= 11 is 0. The van der Waals surface area contributed by atoms with Crippen LogP contribution in [0.5, 0.6) is 0 Å². The quantitative estimate of drug-likeness (QED) is 0.506. The standard InChI is InChI=1S/C20H13F3N4/c21-17-11-5-6-12-18(17)27-20(24-25-26-27)16-10-4-2-8-14(16)13-7-1-3-9-15(13)19(22)23/h1-12,19H. The lowest BCUT2D eigenvalue weighted by Crippen LogP contribution is -2.03. The third-order valence-corrected chi connectivity index (χ3v) is 4.20. The minimum Gasteiger partial charge on any atom is -0.205 e. The van der Waals surface area contributed by atoms with E-state index in [0.717, 1.165) is 0 Å². The Kier molecular flexibility index (Phi) is 4.42. The smallest absolute Gasteiger partial charge is 0.205 e. The normalized spacial score (nSPS) is 11.1. The van der Waals surface area contributed by atoms with Crippen LogP contribution in [0.15, 0.2) is 72.8 Å². The number of halogens is 3. The Hall–Kier alpha value is -3.48. The molecule has 1 aromatic heterocycles. The average molecular weight is 366 g/mol. The first-order valence-corrected chi connectivity index (χ1v) is 8.17. The second-order valence-corrected chi connectivity index (χ2v) is 5.80. The lowest BCUT2D eigenvalue weighted by Gasteiger charge is -2.13. The number of nitrogens with zero attached hydrogens (tertiary/aromatic N) is 4. The van der Waals surface area contributed by atoms with Crippen LogP contribution in [-0.2, 0) is 0 Å². The van der Waals surface area contributed by atoms with Crippen LogP contribution in [0.1, 0.15) is 12.0 Å². The molecule has 4 rings (SSSR count). The summed E-state index contributed by atoms with van der Waals surface area (Å²) in [4.78, 5) is 0. The van der Waals surface area contributed by atoms with E-state index in [-0.39, 0.29) is 17.1 Å². The van der Waals surface area contributed by atoms with E-state index in [0.29, 0.717) is 16.7 Å². The maximum Gasteiger partial charge on any atom is 0.264 e. The largest absolute Gasteiger partial charge is 0.264 e. The van der Waals surface area contributed by atoms with Gasteiger partial charge in [-0.3, -0.25) is 0 Å². The van der Waals surface area contributed by atoms with E-state index >= 15 is 0 Å². The molecule has 0 amide bonds. The molecule has 4 nitrogen and oxygen atoms in total. The fourth-order valence-electron chi connectivity index (χ4n) is 2.99. The molecule has 134 valence electrons. The average Bonchev–Trinajstić information content (AvgIpc) is 3.17. The number of rotatable bonds is 4. The van der Waals surface area contributed by atoms with Crippen molar-refractivity contribution in [1.82, 2.24) is 20.2 Å². The third kappa shape index (κ3) is 3.08. The summed E-state index contributed by atoms with van der Waals surface area (Å²) < 4.78 is 42.5. The molecular weight excluding hydrogens is 353 g/mol. The maximum absolute atomic E-state index is 14.2. The van der Waals surface area contributed by atoms with E-state index in [1.165, 1.54) is 16.8 Å². The Morgan fingerprint density at radius 2 is 1.37 bits per heavy atom. The van der Waals surface area contributed by atoms with E-state index in [1.807, 2.05) is 0 Å². The summed E-state index contributed by atoms with van der Waals surface area (Å²) in [6.45, 7) is 0. The first kappa shape index (κ1) is 17.0. The summed E-state index contributed by atoms with van der Waals surface area (Å²) in [6, 6.07) is 19.3. The van der Waals surface area contributed by atoms with E-state index in [2.05, 4.69) is 15.5 Å². The molecule has 0 aliphatic rings. The molecule has 0 saturated heterocycles. The molecular formula is C20H13F3N4. The van der Waals surface area contributed by atoms with Crippen LogP contribution in [0.4, 0.5) is 13.2 Å². The zero-order chi connectivity index (χ0) is 18.8. The van der Waals surface area contributed by atoms with Crippen LogP contribution in [0, 0.1) is 5.82 Å². The highest BCUT2D eigenvalue weighted by Crippen LogP contribution is 2.36. The van der Waals surface area contributed by atoms with Gasteiger partial charge >= 0.3 is 0 Å². The summed E-state index contributed by atoms with van der Waals surface area (Å²) in [5, 5.41) is 11.6. The summed E-state index contributed by atoms with van der Waals surface area (Å²) in [6.07, 6.45) is -2.63. The van der Waals surface area contributed by atoms with E-state index < -0.39 is 12.2 Å². The second-order valence-electron chi connectivity index (χ2n) is 5.80. The van der Waals surface area contributed by atoms with Crippen LogP contribution < -0.4 is 0 Å². The van der Waals surface area contributed by atoms with Crippen molar-refractivity contribution in [2.75, 3.05) is 0 Å². The molecule has 4 aromatic rings. The monoisotopic (exact) mass is 366 g/mol. The first-order valence-electron chi connectivity index (χ1n) is 8.17. The van der Waals surface area contributed by atoms with Crippen LogP contribution in [0.3, 0.4) is 0 Å². The topological polar surface area (TPSA) is 43.6 Å². The third-order valence-electron chi connectivity index (χ3n) is 4.20. The van der Waals surface area contributed by atoms with Gasteiger partial charge in [0.1, 0.15) is 11.5 Å². The number of hydrogen-bond donors (Lipinski definition) is 0. The van der Waals surface area contributed by atoms with Crippen molar-refractivity contribution in [3.05, 3.63) is 84.2 Å². The fourth-order valence-corrected chi connectivity index (χ4v) is 2.99. The van der Waals surface area contributed by atoms with Crippen LogP contribution in [0.2, 0.25) is 0 Å². The SMILES string of the molecule is Fc1ccccc1-n1nnnc1-c1ccccc1-c1ccccc1C(F)F. The lowest BCUT2D eigenvalue weighted by molar-refractivity contribution is 0.152. The number of benzene rings is 3. The predicted molar refractivity (Wildman–Crippen MR) is 94.9 cm³/mol. The molecule has 0 fully saturated rings. The first-order chi connectivity index (χ1) is 13.2. The van der Waals surface area contributed by atoms with Crippen molar-refractivity contribution in [2.24, 2.45) is 0 Å². The number of hydrogen-bond acceptors (Lipinski definition) is 3. The molecule has 0 spiro atoms. The fraction of sp³-hybridized carbons (Fsp3) is 0.0500. The van der Waals surface area contributed by atoms with E-state index in [9.17, 15) is 13.2 Å². The minimum absolute atomic E-state index is 0.0881. The highest BCUT2D eigenvalue weighted by molar-refractivity contribution is 5.82. The van der Waals surface area contributed by atoms with Gasteiger partial charge in [0.2, 0.25) is 0 Å². The van der Waals surface area contributed by atoms with E-state index in [1.54, 1.807) is 60.7 Å². The van der Waals surface area contributed by atoms with Crippen molar-refractivity contribution < 1.29 is 13.2 Å². The highest BCUT2D eigenvalue weighted by atomic mass is 19.3. The lowest BCUT2D eigenvalue weighted by atomic mass is 9.95. The molecule has 0 radical (unpaired) electrons. The van der Waals surface area contributed by atoms with Crippen LogP contribution in [-0.4, -0.2) is 20.2 Å². The van der Waals surface area contributed by atoms with Crippen LogP contribution in [0.25, 0.3) is 28.2 Å². The van der Waals surface area contributed by atoms with Gasteiger partial charge in [0, 0.05) is 11.1 Å². The highest BCUT2D eigenvalue weighted by Gasteiger charge is 2.20. The van der Waals surface area contributed by atoms with Gasteiger partial charge in [0.25, 0.3) is 6.43 Å². The van der Waals surface area contributed by atoms with Crippen molar-refractivity contribution in [3.63, 3.8) is 0 Å². The molecule has 7 heteroatoms. The van der Waals surface area contributed by atoms with Gasteiger partial charge < -0.3 is 0 Å². The van der Waals surface area contributed by atoms with Crippen molar-refractivity contribution >= 4 is 0 Å². The van der Waals surface area contributed by atoms with Gasteiger partial charge in [-0.1, -0.05) is 60.7 Å². The number of aromatic nitrogens is 4. The Morgan fingerprint density at radius 3 is 2.11 bits per heavy atom. The zero-order valence-corrected chi connectivity index (χ0v) is 13.9. The van der Waals surface area contributed by atoms with Gasteiger partial charge in [-0.05, 0) is 33.7 Å². The van der Waals surface area contributed by atoms with Gasteiger partial charge in [-0.2, -0.15) is 4.68 Å². The van der Waals surface area contributed by atoms with Gasteiger partial charge in [-0.25, -0.2) is 13.2 Å². The maximum atomic E-state index is 14.2. The van der Waals surface area contributed by atoms with Gasteiger partial charge in [-0.15, -0.1) is 5.10 Å². The molecule has 0 unspecified atom stereocenters. The number of tetrazole rings is 1. The molecule has 3 aromatic carbocycles. The Morgan fingerprint density at radius 1 is 0.741 bits per heavy atom. The summed E-state index contributed by atoms with van der Waals surface area (Å²) in [5.41, 5.74) is 1.54. The second kappa shape index (κ2) is 7.03. The molecule has 0 saturated carbocycles. The van der Waals surface area contributed by atoms with Crippen molar-refractivity contribution in [3.8, 4) is 28.2 Å². The van der Waals surface area contributed by atoms with Crippen molar-refractivity contribution in [2.45, 2.75) is 6.43 Å². The number of alkyl halides is 2. The predicted octanol–water partition coefficient (Wildman–Crippen LogP) is 5.07. The summed E-state index contributed by atoms with van der Waals surface area (Å²) in [5.74, 6) is -0.226. The minimum atomic E-state index is -2.63. The van der Waals surface area contributed by atoms with Crippen LogP contribution >= 0.6 is 0 Å². The molecule has 0 aliphatic heterocycles. The van der Waals surface area contributed by atoms with Gasteiger partial charge in [0.05, 0.1) is 0 Å². The molecule has 0 atom stereocenters. The number of para-hydroxylation sites is 1. The van der Waals surface area contributed by atoms with E-state index in [4.69, 9.17) is 0 Å². The van der Waals surface area contributed by atoms with Gasteiger partial charge in [0.15, 0.2) is 5.82 Å². The zero-order valence-electron chi connectivity index (χ0n) is 13.9. The molecule has 0 aliphatic carbocycles.